The first-order chi connectivity index (χ1) is 14.9. The number of non-ortho nitro benzene ring substituents is 1. The van der Waals surface area contributed by atoms with Crippen molar-refractivity contribution in [2.24, 2.45) is 0 Å². The standard InChI is InChI=1S/C25H19NO5/c1-3-17-7-9-18(10-8-17)15-30-21-11-16(2)24-22(14-21)31-23(25(24)27)13-19-5-4-6-20(12-19)26(28)29/h3-14H,1,15H2,2H3/b23-13-. The third-order valence-corrected chi connectivity index (χ3v) is 4.94. The maximum absolute atomic E-state index is 12.8. The number of benzene rings is 3. The second kappa shape index (κ2) is 8.28. The Balaban J connectivity index is 1.55. The first kappa shape index (κ1) is 20.1. The number of ketones is 1. The molecule has 0 amide bonds. The molecule has 0 atom stereocenters. The van der Waals surface area contributed by atoms with E-state index in [9.17, 15) is 14.9 Å². The Morgan fingerprint density at radius 1 is 1.10 bits per heavy atom. The summed E-state index contributed by atoms with van der Waals surface area (Å²) in [5.74, 6) is 0.869. The second-order valence-electron chi connectivity index (χ2n) is 7.14. The van der Waals surface area contributed by atoms with E-state index in [0.717, 1.165) is 16.7 Å². The summed E-state index contributed by atoms with van der Waals surface area (Å²) in [7, 11) is 0. The van der Waals surface area contributed by atoms with Gasteiger partial charge in [0.15, 0.2) is 5.76 Å². The normalized spacial score (nSPS) is 13.6. The highest BCUT2D eigenvalue weighted by Gasteiger charge is 2.30. The molecule has 0 radical (unpaired) electrons. The number of nitrogens with zero attached hydrogens (tertiary/aromatic N) is 1. The van der Waals surface area contributed by atoms with E-state index in [0.29, 0.717) is 29.2 Å². The summed E-state index contributed by atoms with van der Waals surface area (Å²) in [6, 6.07) is 17.4. The van der Waals surface area contributed by atoms with Crippen molar-refractivity contribution in [3.05, 3.63) is 111 Å². The van der Waals surface area contributed by atoms with Gasteiger partial charge in [-0.15, -0.1) is 0 Å². The lowest BCUT2D eigenvalue weighted by molar-refractivity contribution is -0.384. The van der Waals surface area contributed by atoms with Gasteiger partial charge in [0, 0.05) is 18.2 Å². The zero-order valence-corrected chi connectivity index (χ0v) is 16.8. The van der Waals surface area contributed by atoms with Crippen molar-refractivity contribution >= 4 is 23.6 Å². The van der Waals surface area contributed by atoms with Gasteiger partial charge in [0.05, 0.1) is 10.5 Å². The average Bonchev–Trinajstić information content (AvgIpc) is 3.08. The van der Waals surface area contributed by atoms with E-state index in [4.69, 9.17) is 9.47 Å². The van der Waals surface area contributed by atoms with Gasteiger partial charge in [-0.05, 0) is 41.3 Å². The topological polar surface area (TPSA) is 78.7 Å². The van der Waals surface area contributed by atoms with Crippen LogP contribution < -0.4 is 9.47 Å². The smallest absolute Gasteiger partial charge is 0.270 e. The molecule has 1 aliphatic rings. The van der Waals surface area contributed by atoms with Gasteiger partial charge in [0.25, 0.3) is 5.69 Å². The zero-order valence-electron chi connectivity index (χ0n) is 16.8. The lowest BCUT2D eigenvalue weighted by Crippen LogP contribution is -2.00. The van der Waals surface area contributed by atoms with Gasteiger partial charge < -0.3 is 9.47 Å². The predicted molar refractivity (Wildman–Crippen MR) is 118 cm³/mol. The molecule has 1 aliphatic heterocycles. The van der Waals surface area contributed by atoms with E-state index in [1.54, 1.807) is 30.3 Å². The fourth-order valence-corrected chi connectivity index (χ4v) is 3.36. The number of ether oxygens (including phenoxy) is 2. The highest BCUT2D eigenvalue weighted by molar-refractivity contribution is 6.15. The molecule has 154 valence electrons. The lowest BCUT2D eigenvalue weighted by Gasteiger charge is -2.09. The first-order valence-electron chi connectivity index (χ1n) is 9.62. The van der Waals surface area contributed by atoms with Crippen molar-refractivity contribution in [3.8, 4) is 11.5 Å². The highest BCUT2D eigenvalue weighted by Crippen LogP contribution is 2.37. The Kier molecular flexibility index (Phi) is 5.37. The lowest BCUT2D eigenvalue weighted by atomic mass is 10.0. The van der Waals surface area contributed by atoms with E-state index in [1.165, 1.54) is 18.2 Å². The SMILES string of the molecule is C=Cc1ccc(COc2cc(C)c3c(c2)O/C(=C\c2cccc([N+](=O)[O-])c2)C3=O)cc1. The van der Waals surface area contributed by atoms with Crippen LogP contribution in [0.5, 0.6) is 11.5 Å². The van der Waals surface area contributed by atoms with Crippen LogP contribution in [0.3, 0.4) is 0 Å². The van der Waals surface area contributed by atoms with Crippen molar-refractivity contribution < 1.29 is 19.2 Å². The quantitative estimate of drug-likeness (QED) is 0.292. The molecule has 0 bridgehead atoms. The van der Waals surface area contributed by atoms with Crippen LogP contribution in [0.2, 0.25) is 0 Å². The van der Waals surface area contributed by atoms with E-state index < -0.39 is 4.92 Å². The monoisotopic (exact) mass is 413 g/mol. The molecular weight excluding hydrogens is 394 g/mol. The number of rotatable bonds is 6. The first-order valence-corrected chi connectivity index (χ1v) is 9.62. The number of nitro groups is 1. The summed E-state index contributed by atoms with van der Waals surface area (Å²) < 4.78 is 11.7. The van der Waals surface area contributed by atoms with Crippen molar-refractivity contribution in [3.63, 3.8) is 0 Å². The third-order valence-electron chi connectivity index (χ3n) is 4.94. The summed E-state index contributed by atoms with van der Waals surface area (Å²) in [5, 5.41) is 11.0. The minimum absolute atomic E-state index is 0.0506. The second-order valence-corrected chi connectivity index (χ2v) is 7.14. The van der Waals surface area contributed by atoms with Crippen molar-refractivity contribution in [2.75, 3.05) is 0 Å². The Morgan fingerprint density at radius 3 is 2.58 bits per heavy atom. The van der Waals surface area contributed by atoms with Gasteiger partial charge in [-0.1, -0.05) is 49.1 Å². The molecule has 0 aliphatic carbocycles. The van der Waals surface area contributed by atoms with Crippen LogP contribution >= 0.6 is 0 Å². The van der Waals surface area contributed by atoms with Gasteiger partial charge in [0.1, 0.15) is 18.1 Å². The number of Topliss-reactive ketones (excluding diaryl/α,β-unsaturated/α-hetero) is 1. The molecule has 0 spiro atoms. The molecule has 6 nitrogen and oxygen atoms in total. The van der Waals surface area contributed by atoms with Crippen molar-refractivity contribution in [2.45, 2.75) is 13.5 Å². The van der Waals surface area contributed by atoms with Gasteiger partial charge in [-0.3, -0.25) is 14.9 Å². The van der Waals surface area contributed by atoms with Crippen LogP contribution in [-0.2, 0) is 6.61 Å². The molecule has 0 N–H and O–H groups in total. The summed E-state index contributed by atoms with van der Waals surface area (Å²) in [6.45, 7) is 5.94. The number of fused-ring (bicyclic) bond motifs is 1. The maximum Gasteiger partial charge on any atom is 0.270 e. The number of hydrogen-bond acceptors (Lipinski definition) is 5. The molecule has 1 heterocycles. The number of hydrogen-bond donors (Lipinski definition) is 0. The maximum atomic E-state index is 12.8. The van der Waals surface area contributed by atoms with Gasteiger partial charge >= 0.3 is 0 Å². The fourth-order valence-electron chi connectivity index (χ4n) is 3.36. The largest absolute Gasteiger partial charge is 0.489 e. The Hall–Kier alpha value is -4.19. The van der Waals surface area contributed by atoms with E-state index in [1.807, 2.05) is 31.2 Å². The van der Waals surface area contributed by atoms with E-state index in [2.05, 4.69) is 6.58 Å². The molecule has 0 saturated heterocycles. The predicted octanol–water partition coefficient (Wildman–Crippen LogP) is 5.74. The number of carbonyl (C=O) groups excluding carboxylic acids is 1. The molecule has 3 aromatic rings. The van der Waals surface area contributed by atoms with Gasteiger partial charge in [0.2, 0.25) is 5.78 Å². The molecule has 31 heavy (non-hydrogen) atoms. The molecule has 0 saturated carbocycles. The molecule has 0 fully saturated rings. The Bertz CT molecular complexity index is 1230. The summed E-state index contributed by atoms with van der Waals surface area (Å²) in [5.41, 5.74) is 3.72. The third kappa shape index (κ3) is 4.23. The Labute approximate surface area is 179 Å². The Morgan fingerprint density at radius 2 is 1.87 bits per heavy atom. The molecule has 3 aromatic carbocycles. The summed E-state index contributed by atoms with van der Waals surface area (Å²) in [4.78, 5) is 23.3. The van der Waals surface area contributed by atoms with Crippen LogP contribution in [0, 0.1) is 17.0 Å². The molecule has 0 unspecified atom stereocenters. The van der Waals surface area contributed by atoms with Crippen LogP contribution in [0.1, 0.15) is 32.6 Å². The zero-order chi connectivity index (χ0) is 22.0. The van der Waals surface area contributed by atoms with Crippen molar-refractivity contribution in [1.29, 1.82) is 0 Å². The summed E-state index contributed by atoms with van der Waals surface area (Å²) >= 11 is 0. The van der Waals surface area contributed by atoms with Crippen LogP contribution in [-0.4, -0.2) is 10.7 Å². The van der Waals surface area contributed by atoms with Gasteiger partial charge in [-0.2, -0.15) is 0 Å². The van der Waals surface area contributed by atoms with Crippen LogP contribution in [0.4, 0.5) is 5.69 Å². The number of allylic oxidation sites excluding steroid dienone is 1. The van der Waals surface area contributed by atoms with Crippen molar-refractivity contribution in [1.82, 2.24) is 0 Å². The minimum Gasteiger partial charge on any atom is -0.489 e. The van der Waals surface area contributed by atoms with Crippen LogP contribution in [0.25, 0.3) is 12.2 Å². The molecule has 4 rings (SSSR count). The number of carbonyl (C=O) groups is 1. The minimum atomic E-state index is -0.479. The van der Waals surface area contributed by atoms with Gasteiger partial charge in [-0.25, -0.2) is 0 Å². The average molecular weight is 413 g/mol. The fraction of sp³-hybridized carbons (Fsp3) is 0.0800. The van der Waals surface area contributed by atoms with E-state index >= 15 is 0 Å². The highest BCUT2D eigenvalue weighted by atomic mass is 16.6. The molecule has 6 heteroatoms. The number of nitro benzene ring substituents is 1. The molecule has 0 aromatic heterocycles. The number of aryl methyl sites for hydroxylation is 1. The summed E-state index contributed by atoms with van der Waals surface area (Å²) in [6.07, 6.45) is 3.29. The van der Waals surface area contributed by atoms with E-state index in [-0.39, 0.29) is 17.2 Å². The molecular formula is C25H19NO5. The van der Waals surface area contributed by atoms with Crippen LogP contribution in [0.15, 0.2) is 73.0 Å².